The molecular formula is C20H25FN2O3S. The van der Waals surface area contributed by atoms with Crippen molar-refractivity contribution in [2.45, 2.75) is 12.7 Å². The molecule has 0 spiro atoms. The Hall–Kier alpha value is -1.96. The van der Waals surface area contributed by atoms with Crippen molar-refractivity contribution in [3.63, 3.8) is 0 Å². The third-order valence-corrected chi connectivity index (χ3v) is 6.65. The molecule has 0 aromatic heterocycles. The van der Waals surface area contributed by atoms with E-state index in [0.29, 0.717) is 39.3 Å². The number of aryl methyl sites for hydroxylation is 1. The molecule has 1 aliphatic heterocycles. The Bertz CT molecular complexity index is 865. The van der Waals surface area contributed by atoms with Crippen molar-refractivity contribution in [3.8, 4) is 5.75 Å². The van der Waals surface area contributed by atoms with Crippen LogP contribution in [0.4, 0.5) is 4.39 Å². The van der Waals surface area contributed by atoms with Crippen molar-refractivity contribution in [3.05, 3.63) is 65.5 Å². The second kappa shape index (κ2) is 8.82. The van der Waals surface area contributed by atoms with Crippen LogP contribution in [-0.4, -0.2) is 57.0 Å². The third kappa shape index (κ3) is 5.28. The smallest absolute Gasteiger partial charge is 0.218 e. The van der Waals surface area contributed by atoms with Gasteiger partial charge in [0.1, 0.15) is 6.61 Å². The number of rotatable bonds is 7. The number of benzene rings is 2. The molecule has 1 aliphatic rings. The first-order chi connectivity index (χ1) is 13.0. The van der Waals surface area contributed by atoms with Gasteiger partial charge in [0.15, 0.2) is 11.6 Å². The van der Waals surface area contributed by atoms with Gasteiger partial charge in [0.05, 0.1) is 5.75 Å². The van der Waals surface area contributed by atoms with Gasteiger partial charge < -0.3 is 4.74 Å². The predicted octanol–water partition coefficient (Wildman–Crippen LogP) is 2.66. The first-order valence-electron chi connectivity index (χ1n) is 9.08. The molecule has 0 unspecified atom stereocenters. The lowest BCUT2D eigenvalue weighted by Gasteiger charge is -2.34. The summed E-state index contributed by atoms with van der Waals surface area (Å²) in [5, 5.41) is 0. The predicted molar refractivity (Wildman–Crippen MR) is 104 cm³/mol. The van der Waals surface area contributed by atoms with E-state index in [1.807, 2.05) is 31.2 Å². The number of hydrogen-bond donors (Lipinski definition) is 0. The van der Waals surface area contributed by atoms with Gasteiger partial charge in [-0.2, -0.15) is 4.31 Å². The maximum atomic E-state index is 13.5. The first kappa shape index (κ1) is 19.8. The van der Waals surface area contributed by atoms with Gasteiger partial charge in [0, 0.05) is 32.7 Å². The molecule has 0 aliphatic carbocycles. The summed E-state index contributed by atoms with van der Waals surface area (Å²) in [6.07, 6.45) is 0. The Balaban J connectivity index is 1.47. The third-order valence-electron chi connectivity index (χ3n) is 4.83. The van der Waals surface area contributed by atoms with Crippen LogP contribution in [0.2, 0.25) is 0 Å². The van der Waals surface area contributed by atoms with Crippen molar-refractivity contribution < 1.29 is 17.5 Å². The van der Waals surface area contributed by atoms with Gasteiger partial charge in [-0.1, -0.05) is 36.4 Å². The Labute approximate surface area is 160 Å². The number of hydrogen-bond acceptors (Lipinski definition) is 4. The fourth-order valence-corrected chi connectivity index (χ4v) is 4.76. The van der Waals surface area contributed by atoms with Crippen LogP contribution in [0.25, 0.3) is 0 Å². The van der Waals surface area contributed by atoms with Crippen LogP contribution in [-0.2, 0) is 15.8 Å². The van der Waals surface area contributed by atoms with Crippen molar-refractivity contribution in [1.29, 1.82) is 0 Å². The lowest BCUT2D eigenvalue weighted by molar-refractivity contribution is 0.157. The quantitative estimate of drug-likeness (QED) is 0.727. The van der Waals surface area contributed by atoms with Crippen LogP contribution in [0.1, 0.15) is 11.1 Å². The molecule has 1 fully saturated rings. The summed E-state index contributed by atoms with van der Waals surface area (Å²) in [6, 6.07) is 13.9. The molecule has 0 N–H and O–H groups in total. The van der Waals surface area contributed by atoms with Crippen LogP contribution < -0.4 is 4.74 Å². The number of piperazine rings is 1. The van der Waals surface area contributed by atoms with Crippen molar-refractivity contribution in [2.75, 3.05) is 39.3 Å². The molecule has 27 heavy (non-hydrogen) atoms. The minimum Gasteiger partial charge on any atom is -0.489 e. The van der Waals surface area contributed by atoms with Gasteiger partial charge >= 0.3 is 0 Å². The van der Waals surface area contributed by atoms with Crippen LogP contribution in [0.3, 0.4) is 0 Å². The molecule has 0 bridgehead atoms. The highest BCUT2D eigenvalue weighted by Gasteiger charge is 2.27. The molecule has 7 heteroatoms. The molecule has 0 atom stereocenters. The average Bonchev–Trinajstić information content (AvgIpc) is 2.65. The van der Waals surface area contributed by atoms with E-state index < -0.39 is 10.0 Å². The largest absolute Gasteiger partial charge is 0.489 e. The van der Waals surface area contributed by atoms with E-state index in [1.54, 1.807) is 22.5 Å². The molecular weight excluding hydrogens is 367 g/mol. The van der Waals surface area contributed by atoms with Crippen molar-refractivity contribution in [2.24, 2.45) is 0 Å². The second-order valence-electron chi connectivity index (χ2n) is 6.70. The van der Waals surface area contributed by atoms with Crippen LogP contribution in [0.5, 0.6) is 5.75 Å². The molecule has 2 aromatic rings. The molecule has 0 saturated carbocycles. The van der Waals surface area contributed by atoms with E-state index >= 15 is 0 Å². The van der Waals surface area contributed by atoms with Gasteiger partial charge in [0.25, 0.3) is 0 Å². The highest BCUT2D eigenvalue weighted by Crippen LogP contribution is 2.17. The van der Waals surface area contributed by atoms with Gasteiger partial charge in [0.2, 0.25) is 10.0 Å². The minimum absolute atomic E-state index is 0.0378. The molecule has 0 amide bonds. The highest BCUT2D eigenvalue weighted by atomic mass is 32.2. The molecule has 1 saturated heterocycles. The number of ether oxygens (including phenoxy) is 1. The van der Waals surface area contributed by atoms with Crippen molar-refractivity contribution in [1.82, 2.24) is 9.21 Å². The van der Waals surface area contributed by atoms with E-state index in [0.717, 1.165) is 11.1 Å². The summed E-state index contributed by atoms with van der Waals surface area (Å²) >= 11 is 0. The van der Waals surface area contributed by atoms with Gasteiger partial charge in [-0.25, -0.2) is 12.8 Å². The Morgan fingerprint density at radius 2 is 1.67 bits per heavy atom. The van der Waals surface area contributed by atoms with Gasteiger partial charge in [-0.15, -0.1) is 0 Å². The van der Waals surface area contributed by atoms with Crippen LogP contribution in [0, 0.1) is 12.7 Å². The SMILES string of the molecule is Cc1ccccc1CS(=O)(=O)N1CCN(CCOc2ccccc2F)CC1. The molecule has 146 valence electrons. The summed E-state index contributed by atoms with van der Waals surface area (Å²) in [5.41, 5.74) is 1.84. The second-order valence-corrected chi connectivity index (χ2v) is 8.67. The number of nitrogens with zero attached hydrogens (tertiary/aromatic N) is 2. The fourth-order valence-electron chi connectivity index (χ4n) is 3.14. The zero-order valence-corrected chi connectivity index (χ0v) is 16.3. The lowest BCUT2D eigenvalue weighted by atomic mass is 10.1. The zero-order valence-electron chi connectivity index (χ0n) is 15.5. The Morgan fingerprint density at radius 1 is 1.00 bits per heavy atom. The molecule has 2 aromatic carbocycles. The topological polar surface area (TPSA) is 49.9 Å². The monoisotopic (exact) mass is 392 g/mol. The zero-order chi connectivity index (χ0) is 19.3. The lowest BCUT2D eigenvalue weighted by Crippen LogP contribution is -2.49. The summed E-state index contributed by atoms with van der Waals surface area (Å²) in [7, 11) is -3.33. The van der Waals surface area contributed by atoms with E-state index in [1.165, 1.54) is 6.07 Å². The summed E-state index contributed by atoms with van der Waals surface area (Å²) in [4.78, 5) is 2.14. The van der Waals surface area contributed by atoms with Crippen LogP contribution >= 0.6 is 0 Å². The van der Waals surface area contributed by atoms with E-state index in [2.05, 4.69) is 4.90 Å². The summed E-state index contributed by atoms with van der Waals surface area (Å²) in [5.74, 6) is -0.0858. The van der Waals surface area contributed by atoms with Gasteiger partial charge in [-0.3, -0.25) is 4.90 Å². The molecule has 1 heterocycles. The van der Waals surface area contributed by atoms with E-state index in [-0.39, 0.29) is 17.3 Å². The number of para-hydroxylation sites is 1. The van der Waals surface area contributed by atoms with Crippen LogP contribution in [0.15, 0.2) is 48.5 Å². The standard InChI is InChI=1S/C20H25FN2O3S/c1-17-6-2-3-7-18(17)16-27(24,25)23-12-10-22(11-13-23)14-15-26-20-9-5-4-8-19(20)21/h2-9H,10-16H2,1H3. The van der Waals surface area contributed by atoms with E-state index in [9.17, 15) is 12.8 Å². The summed E-state index contributed by atoms with van der Waals surface area (Å²) in [6.45, 7) is 5.17. The summed E-state index contributed by atoms with van der Waals surface area (Å²) < 4.78 is 46.0. The maximum Gasteiger partial charge on any atom is 0.218 e. The molecule has 3 rings (SSSR count). The fraction of sp³-hybridized carbons (Fsp3) is 0.400. The minimum atomic E-state index is -3.33. The Morgan fingerprint density at radius 3 is 2.37 bits per heavy atom. The molecule has 5 nitrogen and oxygen atoms in total. The van der Waals surface area contributed by atoms with Crippen molar-refractivity contribution >= 4 is 10.0 Å². The Kier molecular flexibility index (Phi) is 6.46. The van der Waals surface area contributed by atoms with E-state index in [4.69, 9.17) is 4.74 Å². The number of halogens is 1. The normalized spacial score (nSPS) is 16.4. The molecule has 0 radical (unpaired) electrons. The highest BCUT2D eigenvalue weighted by molar-refractivity contribution is 7.88. The average molecular weight is 392 g/mol. The first-order valence-corrected chi connectivity index (χ1v) is 10.7. The maximum absolute atomic E-state index is 13.5. The number of sulfonamides is 1. The van der Waals surface area contributed by atoms with Gasteiger partial charge in [-0.05, 0) is 30.2 Å².